The molecule has 0 N–H and O–H groups in total. The Morgan fingerprint density at radius 1 is 1.29 bits per heavy atom. The molecule has 0 bridgehead atoms. The second-order valence-corrected chi connectivity index (χ2v) is 6.41. The molecular formula is C17H29N3O. The van der Waals surface area contributed by atoms with Crippen LogP contribution in [-0.4, -0.2) is 39.1 Å². The zero-order valence-electron chi connectivity index (χ0n) is 13.9. The quantitative estimate of drug-likeness (QED) is 0.774. The Balaban J connectivity index is 2.14. The van der Waals surface area contributed by atoms with Crippen molar-refractivity contribution in [2.75, 3.05) is 13.1 Å². The molecule has 2 heterocycles. The van der Waals surface area contributed by atoms with Crippen LogP contribution in [0.25, 0.3) is 0 Å². The summed E-state index contributed by atoms with van der Waals surface area (Å²) < 4.78 is 1.93. The van der Waals surface area contributed by atoms with Gasteiger partial charge in [-0.05, 0) is 58.7 Å². The standard InChI is InChI=1S/C17H29N3O/c1-5-17(6-2,19-10-7-8-11-19)16(21)13-15-9-12-20(18-15)14(3)4/h9,12,14H,5-8,10-11,13H2,1-4H3. The Labute approximate surface area is 128 Å². The van der Waals surface area contributed by atoms with E-state index < -0.39 is 0 Å². The minimum Gasteiger partial charge on any atom is -0.297 e. The van der Waals surface area contributed by atoms with Gasteiger partial charge in [0.25, 0.3) is 0 Å². The Hall–Kier alpha value is -1.16. The van der Waals surface area contributed by atoms with Gasteiger partial charge in [0.15, 0.2) is 5.78 Å². The van der Waals surface area contributed by atoms with Crippen LogP contribution in [-0.2, 0) is 11.2 Å². The Bertz CT molecular complexity index is 468. The zero-order valence-corrected chi connectivity index (χ0v) is 13.9. The molecule has 21 heavy (non-hydrogen) atoms. The first kappa shape index (κ1) is 16.2. The van der Waals surface area contributed by atoms with E-state index in [1.54, 1.807) is 0 Å². The largest absolute Gasteiger partial charge is 0.297 e. The fourth-order valence-electron chi connectivity index (χ4n) is 3.50. The van der Waals surface area contributed by atoms with E-state index in [1.807, 2.05) is 16.9 Å². The van der Waals surface area contributed by atoms with Crippen LogP contribution < -0.4 is 0 Å². The molecule has 0 radical (unpaired) electrons. The van der Waals surface area contributed by atoms with Crippen LogP contribution in [0.15, 0.2) is 12.3 Å². The molecule has 0 saturated carbocycles. The summed E-state index contributed by atoms with van der Waals surface area (Å²) >= 11 is 0. The highest BCUT2D eigenvalue weighted by molar-refractivity contribution is 5.90. The highest BCUT2D eigenvalue weighted by Crippen LogP contribution is 2.30. The van der Waals surface area contributed by atoms with Crippen molar-refractivity contribution < 1.29 is 4.79 Å². The van der Waals surface area contributed by atoms with Gasteiger partial charge in [0.1, 0.15) is 0 Å². The van der Waals surface area contributed by atoms with Crippen molar-refractivity contribution in [3.8, 4) is 0 Å². The van der Waals surface area contributed by atoms with Crippen molar-refractivity contribution in [2.24, 2.45) is 0 Å². The molecule has 1 aliphatic rings. The topological polar surface area (TPSA) is 38.1 Å². The minimum absolute atomic E-state index is 0.280. The highest BCUT2D eigenvalue weighted by atomic mass is 16.1. The number of carbonyl (C=O) groups excluding carboxylic acids is 1. The van der Waals surface area contributed by atoms with Crippen LogP contribution in [0.5, 0.6) is 0 Å². The lowest BCUT2D eigenvalue weighted by molar-refractivity contribution is -0.130. The van der Waals surface area contributed by atoms with Crippen LogP contribution in [0.4, 0.5) is 0 Å². The summed E-state index contributed by atoms with van der Waals surface area (Å²) in [7, 11) is 0. The van der Waals surface area contributed by atoms with Gasteiger partial charge in [-0.15, -0.1) is 0 Å². The first-order valence-electron chi connectivity index (χ1n) is 8.36. The minimum atomic E-state index is -0.280. The van der Waals surface area contributed by atoms with Crippen molar-refractivity contribution in [3.05, 3.63) is 18.0 Å². The van der Waals surface area contributed by atoms with Crippen LogP contribution in [0.1, 0.15) is 65.1 Å². The van der Waals surface area contributed by atoms with Gasteiger partial charge in [-0.25, -0.2) is 0 Å². The summed E-state index contributed by atoms with van der Waals surface area (Å²) in [6.07, 6.45) is 6.66. The first-order valence-corrected chi connectivity index (χ1v) is 8.36. The average molecular weight is 291 g/mol. The van der Waals surface area contributed by atoms with Gasteiger partial charge in [-0.1, -0.05) is 13.8 Å². The predicted molar refractivity (Wildman–Crippen MR) is 85.4 cm³/mol. The van der Waals surface area contributed by atoms with Crippen molar-refractivity contribution in [2.45, 2.75) is 71.4 Å². The van der Waals surface area contributed by atoms with Crippen LogP contribution in [0.2, 0.25) is 0 Å². The maximum Gasteiger partial charge on any atom is 0.159 e. The molecule has 1 aromatic heterocycles. The summed E-state index contributed by atoms with van der Waals surface area (Å²) in [5.74, 6) is 0.336. The van der Waals surface area contributed by atoms with E-state index in [1.165, 1.54) is 12.8 Å². The molecule has 0 amide bonds. The SMILES string of the molecule is CCC(CC)(C(=O)Cc1ccn(C(C)C)n1)N1CCCC1. The Morgan fingerprint density at radius 3 is 2.38 bits per heavy atom. The van der Waals surface area contributed by atoms with Crippen LogP contribution in [0.3, 0.4) is 0 Å². The molecule has 118 valence electrons. The molecule has 0 spiro atoms. The van der Waals surface area contributed by atoms with E-state index in [9.17, 15) is 4.79 Å². The smallest absolute Gasteiger partial charge is 0.159 e. The number of aromatic nitrogens is 2. The second-order valence-electron chi connectivity index (χ2n) is 6.41. The average Bonchev–Trinajstić information content (AvgIpc) is 3.12. The molecule has 1 fully saturated rings. The van der Waals surface area contributed by atoms with Crippen LogP contribution >= 0.6 is 0 Å². The summed E-state index contributed by atoms with van der Waals surface area (Å²) in [4.78, 5) is 15.4. The molecule has 4 heteroatoms. The number of hydrogen-bond acceptors (Lipinski definition) is 3. The molecule has 4 nitrogen and oxygen atoms in total. The van der Waals surface area contributed by atoms with E-state index >= 15 is 0 Å². The molecule has 0 atom stereocenters. The number of hydrogen-bond donors (Lipinski definition) is 0. The zero-order chi connectivity index (χ0) is 15.5. The number of likely N-dealkylation sites (tertiary alicyclic amines) is 1. The van der Waals surface area contributed by atoms with Gasteiger partial charge in [-0.2, -0.15) is 5.10 Å². The van der Waals surface area contributed by atoms with Crippen molar-refractivity contribution in [3.63, 3.8) is 0 Å². The lowest BCUT2D eigenvalue weighted by Gasteiger charge is -2.39. The molecule has 0 unspecified atom stereocenters. The Kier molecular flexibility index (Phi) is 5.20. The van der Waals surface area contributed by atoms with Gasteiger partial charge in [0, 0.05) is 12.2 Å². The number of carbonyl (C=O) groups is 1. The van der Waals surface area contributed by atoms with E-state index in [2.05, 4.69) is 37.7 Å². The number of ketones is 1. The summed E-state index contributed by atoms with van der Waals surface area (Å²) in [5, 5.41) is 4.54. The third-order valence-corrected chi connectivity index (χ3v) is 4.93. The van der Waals surface area contributed by atoms with E-state index in [-0.39, 0.29) is 5.54 Å². The van der Waals surface area contributed by atoms with Gasteiger partial charge in [-0.3, -0.25) is 14.4 Å². The Morgan fingerprint density at radius 2 is 1.90 bits per heavy atom. The summed E-state index contributed by atoms with van der Waals surface area (Å²) in [6.45, 7) is 10.6. The number of rotatable bonds is 7. The third kappa shape index (κ3) is 3.20. The molecule has 2 rings (SSSR count). The lowest BCUT2D eigenvalue weighted by atomic mass is 9.84. The summed E-state index contributed by atoms with van der Waals surface area (Å²) in [6, 6.07) is 2.33. The van der Waals surface area contributed by atoms with Gasteiger partial charge in [0.2, 0.25) is 0 Å². The predicted octanol–water partition coefficient (Wildman–Crippen LogP) is 3.23. The molecule has 1 aromatic rings. The second kappa shape index (κ2) is 6.73. The van der Waals surface area contributed by atoms with E-state index in [4.69, 9.17) is 0 Å². The molecule has 0 aliphatic carbocycles. The normalized spacial score (nSPS) is 16.8. The van der Waals surface area contributed by atoms with Gasteiger partial charge in [0.05, 0.1) is 17.7 Å². The van der Waals surface area contributed by atoms with Crippen molar-refractivity contribution in [1.29, 1.82) is 0 Å². The van der Waals surface area contributed by atoms with Gasteiger partial charge >= 0.3 is 0 Å². The molecule has 1 aliphatic heterocycles. The van der Waals surface area contributed by atoms with Gasteiger partial charge < -0.3 is 0 Å². The lowest BCUT2D eigenvalue weighted by Crippen LogP contribution is -2.53. The first-order chi connectivity index (χ1) is 10.0. The fraction of sp³-hybridized carbons (Fsp3) is 0.765. The molecule has 1 saturated heterocycles. The molecular weight excluding hydrogens is 262 g/mol. The molecule has 0 aromatic carbocycles. The van der Waals surface area contributed by atoms with Crippen molar-refractivity contribution >= 4 is 5.78 Å². The third-order valence-electron chi connectivity index (χ3n) is 4.93. The highest BCUT2D eigenvalue weighted by Gasteiger charge is 2.41. The maximum absolute atomic E-state index is 13.0. The maximum atomic E-state index is 13.0. The van der Waals surface area contributed by atoms with Crippen LogP contribution in [0, 0.1) is 0 Å². The summed E-state index contributed by atoms with van der Waals surface area (Å²) in [5.41, 5.74) is 0.622. The monoisotopic (exact) mass is 291 g/mol. The van der Waals surface area contributed by atoms with E-state index in [0.29, 0.717) is 18.2 Å². The number of nitrogens with zero attached hydrogens (tertiary/aromatic N) is 3. The van der Waals surface area contributed by atoms with E-state index in [0.717, 1.165) is 31.6 Å². The number of Topliss-reactive ketones (excluding diaryl/α,β-unsaturated/α-hetero) is 1. The van der Waals surface area contributed by atoms with Crippen molar-refractivity contribution in [1.82, 2.24) is 14.7 Å². The fourth-order valence-corrected chi connectivity index (χ4v) is 3.50.